The van der Waals surface area contributed by atoms with Gasteiger partial charge >= 0.3 is 0 Å². The molecule has 1 saturated carbocycles. The standard InChI is InChI=1S/C13H13Cl2N3O2.ClH/c14-9-3-2-8(6-10(9)15)19-7-11-17-12(18-20-11)13(16)4-1-5-13;/h2-3,6H,1,4-5,7,16H2;1H. The molecule has 0 saturated heterocycles. The van der Waals surface area contributed by atoms with Crippen molar-refractivity contribution >= 4 is 35.6 Å². The fourth-order valence-corrected chi connectivity index (χ4v) is 2.30. The van der Waals surface area contributed by atoms with Crippen LogP contribution in [0, 0.1) is 0 Å². The highest BCUT2D eigenvalue weighted by atomic mass is 35.5. The zero-order chi connectivity index (χ0) is 14.2. The minimum Gasteiger partial charge on any atom is -0.484 e. The number of aromatic nitrogens is 2. The van der Waals surface area contributed by atoms with Crippen LogP contribution in [0.25, 0.3) is 0 Å². The number of rotatable bonds is 4. The van der Waals surface area contributed by atoms with Crippen molar-refractivity contribution in [3.8, 4) is 5.75 Å². The van der Waals surface area contributed by atoms with E-state index in [4.69, 9.17) is 38.2 Å². The number of benzene rings is 1. The Morgan fingerprint density at radius 2 is 2.05 bits per heavy atom. The molecular formula is C13H14Cl3N3O2. The maximum Gasteiger partial charge on any atom is 0.264 e. The SMILES string of the molecule is Cl.NC1(c2noc(COc3ccc(Cl)c(Cl)c3)n2)CCC1. The van der Waals surface area contributed by atoms with Gasteiger partial charge in [0.15, 0.2) is 12.4 Å². The summed E-state index contributed by atoms with van der Waals surface area (Å²) in [6.45, 7) is 0.168. The van der Waals surface area contributed by atoms with E-state index in [1.54, 1.807) is 18.2 Å². The molecule has 2 aromatic rings. The normalized spacial score (nSPS) is 16.0. The molecule has 0 atom stereocenters. The van der Waals surface area contributed by atoms with Gasteiger partial charge in [-0.25, -0.2) is 0 Å². The molecule has 0 spiro atoms. The molecule has 0 amide bonds. The lowest BCUT2D eigenvalue weighted by Gasteiger charge is -2.34. The van der Waals surface area contributed by atoms with Gasteiger partial charge in [0, 0.05) is 6.07 Å². The van der Waals surface area contributed by atoms with Crippen molar-refractivity contribution in [1.82, 2.24) is 10.1 Å². The number of hydrogen-bond donors (Lipinski definition) is 1. The van der Waals surface area contributed by atoms with Crippen LogP contribution >= 0.6 is 35.6 Å². The minimum atomic E-state index is -0.425. The first-order valence-corrected chi connectivity index (χ1v) is 7.02. The second-order valence-electron chi connectivity index (χ2n) is 4.89. The van der Waals surface area contributed by atoms with Gasteiger partial charge in [0.1, 0.15) is 5.75 Å². The van der Waals surface area contributed by atoms with Gasteiger partial charge in [0.05, 0.1) is 15.6 Å². The number of nitrogens with zero attached hydrogens (tertiary/aromatic N) is 2. The van der Waals surface area contributed by atoms with E-state index in [0.29, 0.717) is 27.5 Å². The third kappa shape index (κ3) is 3.43. The third-order valence-corrected chi connectivity index (χ3v) is 4.15. The lowest BCUT2D eigenvalue weighted by atomic mass is 9.77. The smallest absolute Gasteiger partial charge is 0.264 e. The van der Waals surface area contributed by atoms with Crippen molar-refractivity contribution in [2.24, 2.45) is 5.73 Å². The average molecular weight is 351 g/mol. The summed E-state index contributed by atoms with van der Waals surface area (Å²) in [6, 6.07) is 5.03. The summed E-state index contributed by atoms with van der Waals surface area (Å²) in [7, 11) is 0. The molecule has 21 heavy (non-hydrogen) atoms. The molecule has 5 nitrogen and oxygen atoms in total. The highest BCUT2D eigenvalue weighted by molar-refractivity contribution is 6.42. The van der Waals surface area contributed by atoms with Gasteiger partial charge in [-0.2, -0.15) is 4.98 Å². The second-order valence-corrected chi connectivity index (χ2v) is 5.70. The van der Waals surface area contributed by atoms with Gasteiger partial charge in [-0.3, -0.25) is 0 Å². The Labute approximate surface area is 138 Å². The molecule has 1 heterocycles. The molecule has 3 rings (SSSR count). The Morgan fingerprint density at radius 3 is 2.67 bits per heavy atom. The van der Waals surface area contributed by atoms with E-state index in [9.17, 15) is 0 Å². The van der Waals surface area contributed by atoms with Crippen molar-refractivity contribution in [2.75, 3.05) is 0 Å². The first-order valence-electron chi connectivity index (χ1n) is 6.27. The number of nitrogens with two attached hydrogens (primary N) is 1. The van der Waals surface area contributed by atoms with Crippen LogP contribution in [-0.4, -0.2) is 10.1 Å². The first-order chi connectivity index (χ1) is 9.57. The Kier molecular flexibility index (Phi) is 4.99. The minimum absolute atomic E-state index is 0. The molecule has 2 N–H and O–H groups in total. The number of hydrogen-bond acceptors (Lipinski definition) is 5. The first kappa shape index (κ1) is 16.4. The Bertz CT molecular complexity index is 629. The second kappa shape index (κ2) is 6.40. The summed E-state index contributed by atoms with van der Waals surface area (Å²) in [5.74, 6) is 1.53. The van der Waals surface area contributed by atoms with Crippen LogP contribution in [0.3, 0.4) is 0 Å². The molecular weight excluding hydrogens is 337 g/mol. The predicted octanol–water partition coefficient (Wildman–Crippen LogP) is 3.72. The molecule has 1 fully saturated rings. The highest BCUT2D eigenvalue weighted by Crippen LogP contribution is 2.36. The summed E-state index contributed by atoms with van der Waals surface area (Å²) in [4.78, 5) is 4.27. The predicted molar refractivity (Wildman–Crippen MR) is 82.1 cm³/mol. The summed E-state index contributed by atoms with van der Waals surface area (Å²) < 4.78 is 10.7. The third-order valence-electron chi connectivity index (χ3n) is 3.41. The monoisotopic (exact) mass is 349 g/mol. The fourth-order valence-electron chi connectivity index (χ4n) is 2.01. The van der Waals surface area contributed by atoms with E-state index in [1.807, 2.05) is 0 Å². The Balaban J connectivity index is 0.00000161. The maximum atomic E-state index is 6.12. The van der Waals surface area contributed by atoms with Crippen LogP contribution < -0.4 is 10.5 Å². The summed E-state index contributed by atoms with van der Waals surface area (Å²) >= 11 is 11.7. The van der Waals surface area contributed by atoms with Gasteiger partial charge in [-0.05, 0) is 31.4 Å². The topological polar surface area (TPSA) is 74.2 Å². The van der Waals surface area contributed by atoms with Crippen molar-refractivity contribution in [3.05, 3.63) is 40.0 Å². The van der Waals surface area contributed by atoms with Crippen LogP contribution in [0.1, 0.15) is 31.0 Å². The largest absolute Gasteiger partial charge is 0.484 e. The Hall–Kier alpha value is -1.01. The van der Waals surface area contributed by atoms with Gasteiger partial charge in [-0.15, -0.1) is 12.4 Å². The summed E-state index contributed by atoms with van der Waals surface area (Å²) in [6.07, 6.45) is 2.87. The molecule has 1 aromatic heterocycles. The molecule has 1 aliphatic rings. The molecule has 1 aromatic carbocycles. The van der Waals surface area contributed by atoms with Crippen molar-refractivity contribution in [1.29, 1.82) is 0 Å². The summed E-state index contributed by atoms with van der Waals surface area (Å²) in [5, 5.41) is 4.83. The van der Waals surface area contributed by atoms with E-state index in [-0.39, 0.29) is 19.0 Å². The zero-order valence-electron chi connectivity index (χ0n) is 11.0. The van der Waals surface area contributed by atoms with Crippen molar-refractivity contribution in [3.63, 3.8) is 0 Å². The average Bonchev–Trinajstić information content (AvgIpc) is 2.86. The molecule has 0 bridgehead atoms. The molecule has 8 heteroatoms. The lowest BCUT2D eigenvalue weighted by molar-refractivity contribution is 0.223. The van der Waals surface area contributed by atoms with Crippen LogP contribution in [0.15, 0.2) is 22.7 Å². The molecule has 1 aliphatic carbocycles. The van der Waals surface area contributed by atoms with E-state index in [2.05, 4.69) is 10.1 Å². The van der Waals surface area contributed by atoms with Gasteiger partial charge in [0.25, 0.3) is 5.89 Å². The number of ether oxygens (including phenoxy) is 1. The van der Waals surface area contributed by atoms with E-state index < -0.39 is 5.54 Å². The lowest BCUT2D eigenvalue weighted by Crippen LogP contribution is -2.44. The van der Waals surface area contributed by atoms with E-state index >= 15 is 0 Å². The molecule has 114 valence electrons. The van der Waals surface area contributed by atoms with Crippen LogP contribution in [0.5, 0.6) is 5.75 Å². The quantitative estimate of drug-likeness (QED) is 0.909. The molecule has 0 aliphatic heterocycles. The molecule has 0 radical (unpaired) electrons. The Morgan fingerprint density at radius 1 is 1.29 bits per heavy atom. The van der Waals surface area contributed by atoms with Crippen molar-refractivity contribution in [2.45, 2.75) is 31.4 Å². The molecule has 0 unspecified atom stereocenters. The summed E-state index contributed by atoms with van der Waals surface area (Å²) in [5.41, 5.74) is 5.70. The van der Waals surface area contributed by atoms with Gasteiger partial charge in [0.2, 0.25) is 0 Å². The van der Waals surface area contributed by atoms with E-state index in [1.165, 1.54) is 0 Å². The van der Waals surface area contributed by atoms with Gasteiger partial charge < -0.3 is 15.0 Å². The van der Waals surface area contributed by atoms with Gasteiger partial charge in [-0.1, -0.05) is 28.4 Å². The van der Waals surface area contributed by atoms with Crippen LogP contribution in [-0.2, 0) is 12.1 Å². The maximum absolute atomic E-state index is 6.12. The van der Waals surface area contributed by atoms with Crippen LogP contribution in [0.2, 0.25) is 10.0 Å². The van der Waals surface area contributed by atoms with Crippen molar-refractivity contribution < 1.29 is 9.26 Å². The highest BCUT2D eigenvalue weighted by Gasteiger charge is 2.38. The number of halogens is 3. The fraction of sp³-hybridized carbons (Fsp3) is 0.385. The van der Waals surface area contributed by atoms with E-state index in [0.717, 1.165) is 19.3 Å². The van der Waals surface area contributed by atoms with Crippen LogP contribution in [0.4, 0.5) is 0 Å². The zero-order valence-corrected chi connectivity index (χ0v) is 13.3.